The highest BCUT2D eigenvalue weighted by Crippen LogP contribution is 2.39. The molecule has 3 nitrogen and oxygen atoms in total. The molecule has 3 N–H and O–H groups in total. The lowest BCUT2D eigenvalue weighted by Gasteiger charge is -2.39. The summed E-state index contributed by atoms with van der Waals surface area (Å²) < 4.78 is 0. The van der Waals surface area contributed by atoms with Gasteiger partial charge in [-0.05, 0) is 56.7 Å². The predicted molar refractivity (Wildman–Crippen MR) is 88.6 cm³/mol. The molecular weight excluding hydrogens is 305 g/mol. The zero-order valence-corrected chi connectivity index (χ0v) is 13.9. The molecule has 3 atom stereocenters. The number of hydrazine groups is 1. The average molecular weight is 328 g/mol. The van der Waals surface area contributed by atoms with E-state index in [2.05, 4.69) is 17.4 Å². The molecule has 2 bridgehead atoms. The lowest BCUT2D eigenvalue weighted by molar-refractivity contribution is 0.112. The average Bonchev–Trinajstić information content (AvgIpc) is 2.70. The van der Waals surface area contributed by atoms with Gasteiger partial charge in [0.05, 0.1) is 10.0 Å². The van der Waals surface area contributed by atoms with Gasteiger partial charge in [-0.1, -0.05) is 35.3 Å². The number of benzene rings is 1. The highest BCUT2D eigenvalue weighted by Gasteiger charge is 2.40. The molecule has 5 heteroatoms. The van der Waals surface area contributed by atoms with E-state index in [-0.39, 0.29) is 6.04 Å². The topological polar surface area (TPSA) is 41.3 Å². The van der Waals surface area contributed by atoms with Crippen LogP contribution in [0.15, 0.2) is 18.2 Å². The number of piperidine rings is 1. The fourth-order valence-electron chi connectivity index (χ4n) is 4.09. The first-order valence-corrected chi connectivity index (χ1v) is 8.46. The predicted octanol–water partition coefficient (Wildman–Crippen LogP) is 3.24. The van der Waals surface area contributed by atoms with E-state index in [4.69, 9.17) is 29.0 Å². The molecule has 21 heavy (non-hydrogen) atoms. The number of nitrogens with one attached hydrogen (secondary N) is 1. The molecule has 116 valence electrons. The zero-order valence-electron chi connectivity index (χ0n) is 12.4. The van der Waals surface area contributed by atoms with E-state index in [1.165, 1.54) is 25.7 Å². The Hall–Kier alpha value is -0.320. The molecule has 0 aliphatic carbocycles. The summed E-state index contributed by atoms with van der Waals surface area (Å²) in [4.78, 5) is 2.55. The maximum Gasteiger partial charge on any atom is 0.0624 e. The molecule has 2 fully saturated rings. The molecule has 0 spiro atoms. The van der Waals surface area contributed by atoms with Crippen LogP contribution in [0.1, 0.15) is 31.2 Å². The van der Waals surface area contributed by atoms with Crippen LogP contribution in [-0.4, -0.2) is 30.1 Å². The molecule has 1 aromatic carbocycles. The van der Waals surface area contributed by atoms with E-state index in [1.54, 1.807) is 0 Å². The van der Waals surface area contributed by atoms with E-state index < -0.39 is 0 Å². The maximum absolute atomic E-state index is 6.32. The summed E-state index contributed by atoms with van der Waals surface area (Å²) in [7, 11) is 2.26. The van der Waals surface area contributed by atoms with Crippen LogP contribution >= 0.6 is 23.2 Å². The molecule has 2 saturated heterocycles. The first-order chi connectivity index (χ1) is 10.1. The van der Waals surface area contributed by atoms with Crippen molar-refractivity contribution >= 4 is 23.2 Å². The number of halogens is 2. The molecular formula is C16H23Cl2N3. The second-order valence-corrected chi connectivity index (χ2v) is 7.26. The minimum absolute atomic E-state index is 0.262. The summed E-state index contributed by atoms with van der Waals surface area (Å²) in [6.45, 7) is 0. The highest BCUT2D eigenvalue weighted by molar-refractivity contribution is 6.42. The van der Waals surface area contributed by atoms with Crippen LogP contribution in [-0.2, 0) is 6.42 Å². The summed E-state index contributed by atoms with van der Waals surface area (Å²) in [6.07, 6.45) is 5.93. The van der Waals surface area contributed by atoms with Gasteiger partial charge in [-0.2, -0.15) is 0 Å². The van der Waals surface area contributed by atoms with E-state index in [0.717, 1.165) is 24.1 Å². The van der Waals surface area contributed by atoms with E-state index in [1.807, 2.05) is 18.2 Å². The van der Waals surface area contributed by atoms with Crippen LogP contribution in [0, 0.1) is 5.92 Å². The van der Waals surface area contributed by atoms with Crippen LogP contribution in [0.3, 0.4) is 0 Å². The Morgan fingerprint density at radius 3 is 2.57 bits per heavy atom. The molecule has 0 saturated carbocycles. The summed E-state index contributed by atoms with van der Waals surface area (Å²) >= 11 is 12.4. The lowest BCUT2D eigenvalue weighted by Crippen LogP contribution is -2.49. The van der Waals surface area contributed by atoms with Crippen molar-refractivity contribution in [3.8, 4) is 0 Å². The van der Waals surface area contributed by atoms with Crippen LogP contribution in [0.4, 0.5) is 0 Å². The first-order valence-electron chi connectivity index (χ1n) is 7.71. The van der Waals surface area contributed by atoms with Crippen molar-refractivity contribution in [3.63, 3.8) is 0 Å². The highest BCUT2D eigenvalue weighted by atomic mass is 35.5. The van der Waals surface area contributed by atoms with Gasteiger partial charge in [0.1, 0.15) is 0 Å². The van der Waals surface area contributed by atoms with Gasteiger partial charge in [0.25, 0.3) is 0 Å². The third-order valence-electron chi connectivity index (χ3n) is 5.39. The third kappa shape index (κ3) is 3.08. The Bertz CT molecular complexity index is 494. The molecule has 3 unspecified atom stereocenters. The van der Waals surface area contributed by atoms with Gasteiger partial charge in [-0.25, -0.2) is 0 Å². The Labute approximate surface area is 136 Å². The maximum atomic E-state index is 6.32. The normalized spacial score (nSPS) is 30.6. The minimum atomic E-state index is 0.262. The number of fused-ring (bicyclic) bond motifs is 2. The van der Waals surface area contributed by atoms with Crippen molar-refractivity contribution in [2.75, 3.05) is 7.05 Å². The smallest absolute Gasteiger partial charge is 0.0624 e. The second kappa shape index (κ2) is 6.43. The first kappa shape index (κ1) is 15.6. The Balaban J connectivity index is 1.72. The minimum Gasteiger partial charge on any atom is -0.300 e. The van der Waals surface area contributed by atoms with Gasteiger partial charge in [0.15, 0.2) is 0 Å². The second-order valence-electron chi connectivity index (χ2n) is 6.47. The summed E-state index contributed by atoms with van der Waals surface area (Å²) in [5.41, 5.74) is 4.11. The Morgan fingerprint density at radius 1 is 1.29 bits per heavy atom. The van der Waals surface area contributed by atoms with E-state index >= 15 is 0 Å². The number of nitrogens with zero attached hydrogens (tertiary/aromatic N) is 1. The molecule has 0 aromatic heterocycles. The van der Waals surface area contributed by atoms with Gasteiger partial charge in [-0.15, -0.1) is 0 Å². The molecule has 1 aromatic rings. The number of hydrogen-bond donors (Lipinski definition) is 2. The van der Waals surface area contributed by atoms with Gasteiger partial charge >= 0.3 is 0 Å². The number of hydrogen-bond acceptors (Lipinski definition) is 3. The zero-order chi connectivity index (χ0) is 15.0. The molecule has 2 aliphatic heterocycles. The molecule has 2 aliphatic rings. The monoisotopic (exact) mass is 327 g/mol. The SMILES string of the molecule is CN1C2CCC1CC(C(Cc1cccc(Cl)c1Cl)NN)C2. The van der Waals surface area contributed by atoms with Gasteiger partial charge in [0, 0.05) is 18.1 Å². The summed E-state index contributed by atoms with van der Waals surface area (Å²) in [5.74, 6) is 6.46. The van der Waals surface area contributed by atoms with Gasteiger partial charge in [-0.3, -0.25) is 11.3 Å². The van der Waals surface area contributed by atoms with E-state index in [9.17, 15) is 0 Å². The van der Waals surface area contributed by atoms with Crippen LogP contribution in [0.5, 0.6) is 0 Å². The van der Waals surface area contributed by atoms with Gasteiger partial charge < -0.3 is 4.90 Å². The van der Waals surface area contributed by atoms with Crippen LogP contribution < -0.4 is 11.3 Å². The van der Waals surface area contributed by atoms with E-state index in [0.29, 0.717) is 16.0 Å². The Morgan fingerprint density at radius 2 is 1.95 bits per heavy atom. The van der Waals surface area contributed by atoms with Crippen LogP contribution in [0.25, 0.3) is 0 Å². The number of rotatable bonds is 4. The molecule has 3 rings (SSSR count). The summed E-state index contributed by atoms with van der Waals surface area (Å²) in [5, 5.41) is 1.28. The van der Waals surface area contributed by atoms with Crippen molar-refractivity contribution in [1.29, 1.82) is 0 Å². The fraction of sp³-hybridized carbons (Fsp3) is 0.625. The van der Waals surface area contributed by atoms with Crippen molar-refractivity contribution < 1.29 is 0 Å². The third-order valence-corrected chi connectivity index (χ3v) is 6.25. The molecule has 0 amide bonds. The van der Waals surface area contributed by atoms with Crippen molar-refractivity contribution in [1.82, 2.24) is 10.3 Å². The fourth-order valence-corrected chi connectivity index (χ4v) is 4.48. The van der Waals surface area contributed by atoms with Crippen molar-refractivity contribution in [2.45, 2.75) is 50.2 Å². The molecule has 2 heterocycles. The van der Waals surface area contributed by atoms with Gasteiger partial charge in [0.2, 0.25) is 0 Å². The summed E-state index contributed by atoms with van der Waals surface area (Å²) in [6, 6.07) is 7.53. The Kier molecular flexibility index (Phi) is 4.77. The lowest BCUT2D eigenvalue weighted by atomic mass is 9.83. The van der Waals surface area contributed by atoms with Crippen LogP contribution in [0.2, 0.25) is 10.0 Å². The van der Waals surface area contributed by atoms with Crippen molar-refractivity contribution in [3.05, 3.63) is 33.8 Å². The van der Waals surface area contributed by atoms with Crippen molar-refractivity contribution in [2.24, 2.45) is 11.8 Å². The molecule has 0 radical (unpaired) electrons. The standard InChI is InChI=1S/C16H23Cl2N3/c1-21-12-5-6-13(21)8-11(7-12)15(20-19)9-10-3-2-4-14(17)16(10)18/h2-4,11-13,15,20H,5-9,19H2,1H3. The quantitative estimate of drug-likeness (QED) is 0.659. The largest absolute Gasteiger partial charge is 0.300 e. The number of nitrogens with two attached hydrogens (primary N) is 1.